The molecule has 8 heteroatoms. The molecule has 0 unspecified atom stereocenters. The van der Waals surface area contributed by atoms with Crippen molar-refractivity contribution in [2.45, 2.75) is 30.6 Å². The van der Waals surface area contributed by atoms with E-state index in [0.717, 1.165) is 37.2 Å². The minimum Gasteiger partial charge on any atom is -0.495 e. The van der Waals surface area contributed by atoms with E-state index in [9.17, 15) is 13.2 Å². The molecule has 2 heterocycles. The first-order valence-corrected chi connectivity index (χ1v) is 11.7. The van der Waals surface area contributed by atoms with Crippen molar-refractivity contribution in [3.8, 4) is 5.75 Å². The number of carbonyl (C=O) groups excluding carboxylic acids is 1. The van der Waals surface area contributed by atoms with Gasteiger partial charge in [-0.2, -0.15) is 16.1 Å². The highest BCUT2D eigenvalue weighted by atomic mass is 32.2. The number of thioether (sulfide) groups is 1. The Morgan fingerprint density at radius 2 is 1.69 bits per heavy atom. The Balaban J connectivity index is 1.93. The van der Waals surface area contributed by atoms with Crippen molar-refractivity contribution in [2.24, 2.45) is 0 Å². The standard InChI is InChI=1S/C18H26N2O4S2/c1-24-16-7-6-15(18(21)19-10-12-25-13-11-19)14-17(16)26(22,23)20-8-4-2-3-5-9-20/h6-7,14H,2-5,8-13H2,1H3. The average molecular weight is 399 g/mol. The molecule has 0 N–H and O–H groups in total. The van der Waals surface area contributed by atoms with E-state index in [4.69, 9.17) is 4.74 Å². The third-order valence-electron chi connectivity index (χ3n) is 4.89. The zero-order valence-corrected chi connectivity index (χ0v) is 16.8. The highest BCUT2D eigenvalue weighted by molar-refractivity contribution is 7.99. The molecule has 1 amide bonds. The van der Waals surface area contributed by atoms with Crippen molar-refractivity contribution in [1.29, 1.82) is 0 Å². The highest BCUT2D eigenvalue weighted by Gasteiger charge is 2.30. The van der Waals surface area contributed by atoms with Crippen molar-refractivity contribution in [2.75, 3.05) is 44.8 Å². The van der Waals surface area contributed by atoms with E-state index >= 15 is 0 Å². The molecule has 0 radical (unpaired) electrons. The molecular formula is C18H26N2O4S2. The van der Waals surface area contributed by atoms with Crippen molar-refractivity contribution in [3.63, 3.8) is 0 Å². The van der Waals surface area contributed by atoms with E-state index in [1.54, 1.807) is 17.0 Å². The summed E-state index contributed by atoms with van der Waals surface area (Å²) in [7, 11) is -2.22. The average Bonchev–Trinajstić information content (AvgIpc) is 2.97. The fraction of sp³-hybridized carbons (Fsp3) is 0.611. The molecular weight excluding hydrogens is 372 g/mol. The van der Waals surface area contributed by atoms with Crippen LogP contribution in [0.1, 0.15) is 36.0 Å². The second-order valence-electron chi connectivity index (χ2n) is 6.59. The van der Waals surface area contributed by atoms with Crippen LogP contribution in [-0.4, -0.2) is 68.3 Å². The van der Waals surface area contributed by atoms with Gasteiger partial charge < -0.3 is 9.64 Å². The van der Waals surface area contributed by atoms with E-state index in [1.165, 1.54) is 17.5 Å². The van der Waals surface area contributed by atoms with Gasteiger partial charge in [0.2, 0.25) is 10.0 Å². The van der Waals surface area contributed by atoms with Gasteiger partial charge in [0, 0.05) is 43.2 Å². The molecule has 0 aromatic heterocycles. The number of ether oxygens (including phenoxy) is 1. The first-order valence-electron chi connectivity index (χ1n) is 9.09. The summed E-state index contributed by atoms with van der Waals surface area (Å²) in [4.78, 5) is 14.7. The predicted octanol–water partition coefficient (Wildman–Crippen LogP) is 2.45. The van der Waals surface area contributed by atoms with Crippen LogP contribution in [0, 0.1) is 0 Å². The highest BCUT2D eigenvalue weighted by Crippen LogP contribution is 2.30. The second-order valence-corrected chi connectivity index (χ2v) is 9.72. The zero-order valence-electron chi connectivity index (χ0n) is 15.1. The van der Waals surface area contributed by atoms with Crippen molar-refractivity contribution in [1.82, 2.24) is 9.21 Å². The number of sulfonamides is 1. The van der Waals surface area contributed by atoms with Gasteiger partial charge >= 0.3 is 0 Å². The third kappa shape index (κ3) is 4.18. The van der Waals surface area contributed by atoms with Gasteiger partial charge in [-0.25, -0.2) is 8.42 Å². The zero-order chi connectivity index (χ0) is 18.6. The van der Waals surface area contributed by atoms with E-state index in [-0.39, 0.29) is 10.8 Å². The lowest BCUT2D eigenvalue weighted by atomic mass is 10.2. The monoisotopic (exact) mass is 398 g/mol. The Labute approximate surface area is 159 Å². The molecule has 0 bridgehead atoms. The van der Waals surface area contributed by atoms with Gasteiger partial charge in [0.25, 0.3) is 5.91 Å². The molecule has 26 heavy (non-hydrogen) atoms. The number of nitrogens with zero attached hydrogens (tertiary/aromatic N) is 2. The number of amides is 1. The largest absolute Gasteiger partial charge is 0.495 e. The third-order valence-corrected chi connectivity index (χ3v) is 7.75. The smallest absolute Gasteiger partial charge is 0.253 e. The van der Waals surface area contributed by atoms with Crippen molar-refractivity contribution < 1.29 is 17.9 Å². The van der Waals surface area contributed by atoms with Gasteiger partial charge in [-0.15, -0.1) is 0 Å². The summed E-state index contributed by atoms with van der Waals surface area (Å²) in [6, 6.07) is 4.74. The molecule has 0 aliphatic carbocycles. The summed E-state index contributed by atoms with van der Waals surface area (Å²) in [5.74, 6) is 2.02. The molecule has 0 saturated carbocycles. The quantitative estimate of drug-likeness (QED) is 0.779. The molecule has 6 nitrogen and oxygen atoms in total. The van der Waals surface area contributed by atoms with Crippen LogP contribution in [0.2, 0.25) is 0 Å². The summed E-state index contributed by atoms with van der Waals surface area (Å²) in [6.07, 6.45) is 3.83. The normalized spacial score (nSPS) is 19.8. The first kappa shape index (κ1) is 19.5. The van der Waals surface area contributed by atoms with E-state index in [0.29, 0.717) is 37.5 Å². The van der Waals surface area contributed by atoms with Gasteiger partial charge in [-0.1, -0.05) is 12.8 Å². The molecule has 2 saturated heterocycles. The molecule has 2 fully saturated rings. The Hall–Kier alpha value is -1.25. The predicted molar refractivity (Wildman–Crippen MR) is 103 cm³/mol. The number of methoxy groups -OCH3 is 1. The van der Waals surface area contributed by atoms with Crippen LogP contribution in [0.3, 0.4) is 0 Å². The van der Waals surface area contributed by atoms with E-state index in [2.05, 4.69) is 0 Å². The molecule has 2 aliphatic heterocycles. The second kappa shape index (κ2) is 8.63. The summed E-state index contributed by atoms with van der Waals surface area (Å²) in [6.45, 7) is 2.44. The van der Waals surface area contributed by atoms with Gasteiger partial charge in [0.05, 0.1) is 7.11 Å². The number of benzene rings is 1. The van der Waals surface area contributed by atoms with Gasteiger partial charge in [0.1, 0.15) is 10.6 Å². The maximum absolute atomic E-state index is 13.2. The molecule has 1 aromatic rings. The lowest BCUT2D eigenvalue weighted by molar-refractivity contribution is 0.0772. The van der Waals surface area contributed by atoms with Crippen LogP contribution in [0.15, 0.2) is 23.1 Å². The van der Waals surface area contributed by atoms with E-state index < -0.39 is 10.0 Å². The SMILES string of the molecule is COc1ccc(C(=O)N2CCSCC2)cc1S(=O)(=O)N1CCCCCC1. The number of hydrogen-bond acceptors (Lipinski definition) is 5. The molecule has 144 valence electrons. The van der Waals surface area contributed by atoms with Crippen molar-refractivity contribution >= 4 is 27.7 Å². The molecule has 0 spiro atoms. The topological polar surface area (TPSA) is 66.9 Å². The summed E-state index contributed by atoms with van der Waals surface area (Å²) >= 11 is 1.83. The lowest BCUT2D eigenvalue weighted by Gasteiger charge is -2.27. The van der Waals surface area contributed by atoms with Crippen LogP contribution >= 0.6 is 11.8 Å². The number of rotatable bonds is 4. The van der Waals surface area contributed by atoms with Gasteiger partial charge in [-0.3, -0.25) is 4.79 Å². The van der Waals surface area contributed by atoms with Crippen LogP contribution in [-0.2, 0) is 10.0 Å². The Morgan fingerprint density at radius 1 is 1.04 bits per heavy atom. The fourth-order valence-electron chi connectivity index (χ4n) is 3.38. The van der Waals surface area contributed by atoms with Crippen molar-refractivity contribution in [3.05, 3.63) is 23.8 Å². The first-order chi connectivity index (χ1) is 12.5. The van der Waals surface area contributed by atoms with Crippen LogP contribution < -0.4 is 4.74 Å². The maximum atomic E-state index is 13.2. The summed E-state index contributed by atoms with van der Waals surface area (Å²) in [5, 5.41) is 0. The summed E-state index contributed by atoms with van der Waals surface area (Å²) in [5.41, 5.74) is 0.408. The Kier molecular flexibility index (Phi) is 6.47. The molecule has 3 rings (SSSR count). The van der Waals surface area contributed by atoms with Gasteiger partial charge in [-0.05, 0) is 31.0 Å². The molecule has 1 aromatic carbocycles. The van der Waals surface area contributed by atoms with Crippen LogP contribution in [0.5, 0.6) is 5.75 Å². The fourth-order valence-corrected chi connectivity index (χ4v) is 5.98. The van der Waals surface area contributed by atoms with Crippen LogP contribution in [0.25, 0.3) is 0 Å². The lowest BCUT2D eigenvalue weighted by Crippen LogP contribution is -2.38. The van der Waals surface area contributed by atoms with E-state index in [1.807, 2.05) is 11.8 Å². The summed E-state index contributed by atoms with van der Waals surface area (Å²) < 4.78 is 33.2. The molecule has 2 aliphatic rings. The Morgan fingerprint density at radius 3 is 2.31 bits per heavy atom. The maximum Gasteiger partial charge on any atom is 0.253 e. The Bertz CT molecular complexity index is 738. The minimum atomic E-state index is -3.68. The van der Waals surface area contributed by atoms with Gasteiger partial charge in [0.15, 0.2) is 0 Å². The minimum absolute atomic E-state index is 0.0964. The number of carbonyl (C=O) groups is 1. The molecule has 0 atom stereocenters. The van der Waals surface area contributed by atoms with Crippen LogP contribution in [0.4, 0.5) is 0 Å². The number of hydrogen-bond donors (Lipinski definition) is 0.